The molecule has 0 saturated carbocycles. The van der Waals surface area contributed by atoms with Crippen molar-refractivity contribution >= 4 is 29.1 Å². The molecule has 0 radical (unpaired) electrons. The van der Waals surface area contributed by atoms with Crippen LogP contribution in [0.2, 0.25) is 0 Å². The Balaban J connectivity index is 1.72. The van der Waals surface area contributed by atoms with Crippen LogP contribution in [0.1, 0.15) is 38.5 Å². The number of carbonyl (C=O) groups excluding carboxylic acids is 2. The molecular weight excluding hydrogens is 424 g/mol. The Labute approximate surface area is 190 Å². The van der Waals surface area contributed by atoms with Crippen LogP contribution in [0.25, 0.3) is 0 Å². The summed E-state index contributed by atoms with van der Waals surface area (Å²) in [6, 6.07) is 0.426. The average molecular weight is 463 g/mol. The monoisotopic (exact) mass is 462 g/mol. The number of amides is 2. The molecule has 2 amide bonds. The molecule has 11 heteroatoms. The van der Waals surface area contributed by atoms with E-state index in [2.05, 4.69) is 16.0 Å². The van der Waals surface area contributed by atoms with E-state index in [1.165, 1.54) is 0 Å². The number of unbranched alkanes of at least 4 members (excludes halogenated alkanes) is 2. The number of primary amides is 1. The van der Waals surface area contributed by atoms with Crippen LogP contribution in [-0.4, -0.2) is 88.9 Å². The third kappa shape index (κ3) is 17.8. The molecule has 1 fully saturated rings. The molecule has 31 heavy (non-hydrogen) atoms. The highest BCUT2D eigenvalue weighted by molar-refractivity contribution is 7.80. The van der Waals surface area contributed by atoms with Crippen molar-refractivity contribution in [3.05, 3.63) is 0 Å². The van der Waals surface area contributed by atoms with E-state index in [9.17, 15) is 9.59 Å². The summed E-state index contributed by atoms with van der Waals surface area (Å²) in [7, 11) is 0. The lowest BCUT2D eigenvalue weighted by molar-refractivity contribution is -0.121. The second-order valence-corrected chi connectivity index (χ2v) is 7.57. The highest BCUT2D eigenvalue weighted by Gasteiger charge is 2.16. The molecule has 1 atom stereocenters. The molecule has 0 aromatic heterocycles. The van der Waals surface area contributed by atoms with E-state index in [-0.39, 0.29) is 18.2 Å². The molecule has 1 saturated heterocycles. The van der Waals surface area contributed by atoms with Gasteiger partial charge < -0.3 is 40.6 Å². The van der Waals surface area contributed by atoms with Crippen molar-refractivity contribution in [2.24, 2.45) is 5.73 Å². The molecule has 0 bridgehead atoms. The second kappa shape index (κ2) is 19.2. The molecule has 10 nitrogen and oxygen atoms in total. The van der Waals surface area contributed by atoms with Gasteiger partial charge in [-0.2, -0.15) is 0 Å². The average Bonchev–Trinajstić information content (AvgIpc) is 3.15. The molecule has 1 rings (SSSR count). The third-order valence-electron chi connectivity index (χ3n) is 4.48. The zero-order valence-electron chi connectivity index (χ0n) is 18.3. The lowest BCUT2D eigenvalue weighted by atomic mass is 10.1. The van der Waals surface area contributed by atoms with Gasteiger partial charge in [-0.15, -0.1) is 0 Å². The molecule has 0 aromatic carbocycles. The molecule has 1 aliphatic rings. The number of nitrogens with two attached hydrogens (primary N) is 1. The van der Waals surface area contributed by atoms with Gasteiger partial charge in [0.1, 0.15) is 0 Å². The van der Waals surface area contributed by atoms with Crippen molar-refractivity contribution in [3.8, 4) is 0 Å². The molecule has 0 spiro atoms. The maximum Gasteiger partial charge on any atom is 0.220 e. The first-order valence-electron chi connectivity index (χ1n) is 11.0. The molecule has 1 aliphatic heterocycles. The largest absolute Gasteiger partial charge is 0.379 e. The standard InChI is InChI=1S/C20H38N4O6S/c21-18(25)6-8-27-10-12-29-14-15-30-13-11-28-9-7-22-19(26)5-3-1-2-4-17-16-23-20(31)24-17/h17H,1-16H2,(H2,21,25)(H,22,26)(H2,23,24,31)/t17-/m1/s1. The number of carbonyl (C=O) groups is 2. The lowest BCUT2D eigenvalue weighted by Crippen LogP contribution is -2.27. The van der Waals surface area contributed by atoms with Crippen molar-refractivity contribution in [3.63, 3.8) is 0 Å². The number of hydrogen-bond donors (Lipinski definition) is 4. The predicted octanol–water partition coefficient (Wildman–Crippen LogP) is -0.159. The van der Waals surface area contributed by atoms with Crippen LogP contribution < -0.4 is 21.7 Å². The first-order chi connectivity index (χ1) is 15.1. The highest BCUT2D eigenvalue weighted by Crippen LogP contribution is 2.07. The van der Waals surface area contributed by atoms with Crippen LogP contribution in [0.5, 0.6) is 0 Å². The fourth-order valence-electron chi connectivity index (χ4n) is 2.82. The third-order valence-corrected chi connectivity index (χ3v) is 4.74. The van der Waals surface area contributed by atoms with Crippen LogP contribution in [0.4, 0.5) is 0 Å². The fourth-order valence-corrected chi connectivity index (χ4v) is 3.07. The van der Waals surface area contributed by atoms with Gasteiger partial charge in [0.15, 0.2) is 5.11 Å². The van der Waals surface area contributed by atoms with E-state index in [1.54, 1.807) is 0 Å². The van der Waals surface area contributed by atoms with Gasteiger partial charge >= 0.3 is 0 Å². The minimum atomic E-state index is -0.373. The predicted molar refractivity (Wildman–Crippen MR) is 121 cm³/mol. The summed E-state index contributed by atoms with van der Waals surface area (Å²) in [5, 5.41) is 9.93. The summed E-state index contributed by atoms with van der Waals surface area (Å²) in [4.78, 5) is 22.3. The molecule has 0 unspecified atom stereocenters. The summed E-state index contributed by atoms with van der Waals surface area (Å²) in [6.07, 6.45) is 4.87. The van der Waals surface area contributed by atoms with Crippen LogP contribution in [0.3, 0.4) is 0 Å². The quantitative estimate of drug-likeness (QED) is 0.136. The van der Waals surface area contributed by atoms with Crippen molar-refractivity contribution in [1.82, 2.24) is 16.0 Å². The van der Waals surface area contributed by atoms with Crippen LogP contribution in [0.15, 0.2) is 0 Å². The Bertz CT molecular complexity index is 512. The van der Waals surface area contributed by atoms with Gasteiger partial charge in [0, 0.05) is 32.0 Å². The minimum absolute atomic E-state index is 0.0671. The first kappa shape index (κ1) is 27.5. The van der Waals surface area contributed by atoms with E-state index < -0.39 is 0 Å². The van der Waals surface area contributed by atoms with Crippen LogP contribution in [-0.2, 0) is 28.5 Å². The van der Waals surface area contributed by atoms with Gasteiger partial charge in [-0.1, -0.05) is 12.8 Å². The molecule has 180 valence electrons. The Morgan fingerprint density at radius 2 is 1.52 bits per heavy atom. The summed E-state index contributed by atoms with van der Waals surface area (Å²) in [5.41, 5.74) is 5.00. The molecule has 0 aliphatic carbocycles. The molecule has 1 heterocycles. The maximum absolute atomic E-state index is 11.8. The van der Waals surface area contributed by atoms with Crippen LogP contribution >= 0.6 is 12.2 Å². The number of thiocarbonyl (C=S) groups is 1. The van der Waals surface area contributed by atoms with E-state index in [0.717, 1.165) is 37.3 Å². The summed E-state index contributed by atoms with van der Waals surface area (Å²) in [6.45, 7) is 4.95. The van der Waals surface area contributed by atoms with Crippen LogP contribution in [0, 0.1) is 0 Å². The molecular formula is C20H38N4O6S. The minimum Gasteiger partial charge on any atom is -0.379 e. The fraction of sp³-hybridized carbons (Fsp3) is 0.850. The van der Waals surface area contributed by atoms with E-state index in [1.807, 2.05) is 0 Å². The Morgan fingerprint density at radius 1 is 0.903 bits per heavy atom. The van der Waals surface area contributed by atoms with E-state index >= 15 is 0 Å². The van der Waals surface area contributed by atoms with Crippen molar-refractivity contribution in [2.75, 3.05) is 65.9 Å². The molecule has 0 aromatic rings. The molecule has 5 N–H and O–H groups in total. The van der Waals surface area contributed by atoms with Gasteiger partial charge in [-0.25, -0.2) is 0 Å². The second-order valence-electron chi connectivity index (χ2n) is 7.17. The Morgan fingerprint density at radius 3 is 2.10 bits per heavy atom. The highest BCUT2D eigenvalue weighted by atomic mass is 32.1. The van der Waals surface area contributed by atoms with Gasteiger partial charge in [-0.3, -0.25) is 9.59 Å². The van der Waals surface area contributed by atoms with Crippen molar-refractivity contribution in [2.45, 2.75) is 44.6 Å². The van der Waals surface area contributed by atoms with E-state index in [4.69, 9.17) is 36.9 Å². The summed E-state index contributed by atoms with van der Waals surface area (Å²) in [5.74, 6) is -0.306. The normalized spacial score (nSPS) is 15.5. The number of hydrogen-bond acceptors (Lipinski definition) is 7. The zero-order chi connectivity index (χ0) is 22.6. The number of ether oxygens (including phenoxy) is 4. The number of rotatable bonds is 21. The Hall–Kier alpha value is -1.53. The van der Waals surface area contributed by atoms with E-state index in [0.29, 0.717) is 71.9 Å². The van der Waals surface area contributed by atoms with Gasteiger partial charge in [0.2, 0.25) is 11.8 Å². The summed E-state index contributed by atoms with van der Waals surface area (Å²) < 4.78 is 21.3. The smallest absolute Gasteiger partial charge is 0.220 e. The van der Waals surface area contributed by atoms with Crippen molar-refractivity contribution in [1.29, 1.82) is 0 Å². The SMILES string of the molecule is NC(=O)CCOCCOCCOCCOCCNC(=O)CCCCC[C@@H]1CNC(=S)N1. The first-order valence-corrected chi connectivity index (χ1v) is 11.4. The van der Waals surface area contributed by atoms with Gasteiger partial charge in [0.25, 0.3) is 0 Å². The Kier molecular flexibility index (Phi) is 17.0. The lowest BCUT2D eigenvalue weighted by Gasteiger charge is -2.09. The summed E-state index contributed by atoms with van der Waals surface area (Å²) >= 11 is 5.04. The topological polar surface area (TPSA) is 133 Å². The van der Waals surface area contributed by atoms with Crippen molar-refractivity contribution < 1.29 is 28.5 Å². The van der Waals surface area contributed by atoms with Gasteiger partial charge in [-0.05, 0) is 25.1 Å². The van der Waals surface area contributed by atoms with Gasteiger partial charge in [0.05, 0.1) is 52.9 Å². The maximum atomic E-state index is 11.8. The zero-order valence-corrected chi connectivity index (χ0v) is 19.1. The number of nitrogens with one attached hydrogen (secondary N) is 3.